The molecule has 0 radical (unpaired) electrons. The van der Waals surface area contributed by atoms with E-state index in [4.69, 9.17) is 0 Å². The Kier molecular flexibility index (Phi) is 6.19. The van der Waals surface area contributed by atoms with E-state index in [0.29, 0.717) is 6.54 Å². The smallest absolute Gasteiger partial charge is 0.216 e. The van der Waals surface area contributed by atoms with Crippen LogP contribution in [0.5, 0.6) is 0 Å². The van der Waals surface area contributed by atoms with Gasteiger partial charge in [-0.1, -0.05) is 20.8 Å². The highest BCUT2D eigenvalue weighted by molar-refractivity contribution is 14.1. The molecule has 0 fully saturated rings. The molecule has 0 amide bonds. The van der Waals surface area contributed by atoms with Crippen LogP contribution in [0.4, 0.5) is 0 Å². The summed E-state index contributed by atoms with van der Waals surface area (Å²) in [5.74, 6) is -0.306. The van der Waals surface area contributed by atoms with Crippen molar-refractivity contribution in [2.75, 3.05) is 26.4 Å². The topological polar surface area (TPSA) is 72.3 Å². The lowest BCUT2D eigenvalue weighted by molar-refractivity contribution is 0.0905. The summed E-state index contributed by atoms with van der Waals surface area (Å²) in [5.41, 5.74) is -0.715. The molecule has 0 bridgehead atoms. The molecule has 1 atom stereocenters. The van der Waals surface area contributed by atoms with Crippen molar-refractivity contribution in [3.8, 4) is 0 Å². The third kappa shape index (κ3) is 4.08. The molecule has 1 rings (SSSR count). The van der Waals surface area contributed by atoms with Crippen molar-refractivity contribution in [2.45, 2.75) is 26.0 Å². The highest BCUT2D eigenvalue weighted by Gasteiger charge is 2.45. The zero-order valence-electron chi connectivity index (χ0n) is 13.9. The molecule has 1 aromatic rings. The number of Topliss-reactive ketones (excluding diaryl/α,β-unsaturated/α-hetero) is 1. The molecular weight excluding hydrogens is 417 g/mol. The van der Waals surface area contributed by atoms with Crippen molar-refractivity contribution < 1.29 is 13.2 Å². The standard InChI is InChI=1S/C14H24IN3O3S/c1-7-22(20,21)12(14(2,3)9-17(4)5)11(19)13-16-8-10(15)18(13)6/h8,12H,7,9H2,1-6H3. The van der Waals surface area contributed by atoms with Gasteiger partial charge in [-0.3, -0.25) is 4.79 Å². The second kappa shape index (κ2) is 6.96. The molecule has 0 aliphatic rings. The van der Waals surface area contributed by atoms with Gasteiger partial charge in [-0.15, -0.1) is 0 Å². The van der Waals surface area contributed by atoms with Crippen molar-refractivity contribution >= 4 is 38.2 Å². The molecule has 1 aromatic heterocycles. The molecule has 0 saturated carbocycles. The van der Waals surface area contributed by atoms with E-state index in [2.05, 4.69) is 27.6 Å². The molecule has 126 valence electrons. The van der Waals surface area contributed by atoms with Gasteiger partial charge in [0, 0.05) is 24.8 Å². The van der Waals surface area contributed by atoms with Crippen LogP contribution in [0.1, 0.15) is 31.4 Å². The van der Waals surface area contributed by atoms with Crippen LogP contribution in [-0.2, 0) is 16.9 Å². The van der Waals surface area contributed by atoms with Gasteiger partial charge in [-0.2, -0.15) is 0 Å². The summed E-state index contributed by atoms with van der Waals surface area (Å²) in [6.45, 7) is 5.70. The first-order valence-electron chi connectivity index (χ1n) is 7.01. The van der Waals surface area contributed by atoms with Crippen LogP contribution in [-0.4, -0.2) is 60.3 Å². The van der Waals surface area contributed by atoms with E-state index in [0.717, 1.165) is 3.70 Å². The molecule has 22 heavy (non-hydrogen) atoms. The zero-order valence-corrected chi connectivity index (χ0v) is 16.9. The lowest BCUT2D eigenvalue weighted by atomic mass is 9.86. The Morgan fingerprint density at radius 1 is 1.45 bits per heavy atom. The first kappa shape index (κ1) is 19.6. The molecule has 8 heteroatoms. The minimum atomic E-state index is -3.55. The summed E-state index contributed by atoms with van der Waals surface area (Å²) in [5, 5.41) is -1.11. The normalized spacial score (nSPS) is 14.4. The van der Waals surface area contributed by atoms with E-state index in [1.165, 1.54) is 0 Å². The number of nitrogens with zero attached hydrogens (tertiary/aromatic N) is 3. The fourth-order valence-electron chi connectivity index (χ4n) is 2.80. The van der Waals surface area contributed by atoms with Crippen LogP contribution in [0, 0.1) is 9.12 Å². The van der Waals surface area contributed by atoms with Gasteiger partial charge in [-0.05, 0) is 36.7 Å². The monoisotopic (exact) mass is 441 g/mol. The predicted octanol–water partition coefficient (Wildman–Crippen LogP) is 1.60. The molecule has 1 unspecified atom stereocenters. The molecular formula is C14H24IN3O3S. The van der Waals surface area contributed by atoms with Gasteiger partial charge in [0.05, 0.1) is 9.90 Å². The van der Waals surface area contributed by atoms with Crippen LogP contribution >= 0.6 is 22.6 Å². The van der Waals surface area contributed by atoms with E-state index in [-0.39, 0.29) is 11.6 Å². The van der Waals surface area contributed by atoms with Crippen LogP contribution in [0.15, 0.2) is 6.20 Å². The Labute approximate surface area is 146 Å². The number of carbonyl (C=O) groups excluding carboxylic acids is 1. The van der Waals surface area contributed by atoms with Crippen LogP contribution in [0.3, 0.4) is 0 Å². The van der Waals surface area contributed by atoms with Crippen molar-refractivity contribution in [3.63, 3.8) is 0 Å². The van der Waals surface area contributed by atoms with Gasteiger partial charge >= 0.3 is 0 Å². The Hall–Kier alpha value is -0.480. The average molecular weight is 441 g/mol. The quantitative estimate of drug-likeness (QED) is 0.475. The number of imidazole rings is 1. The van der Waals surface area contributed by atoms with Gasteiger partial charge in [0.2, 0.25) is 5.78 Å². The lowest BCUT2D eigenvalue weighted by Gasteiger charge is -2.34. The molecule has 0 N–H and O–H groups in total. The number of sulfone groups is 1. The number of halogens is 1. The van der Waals surface area contributed by atoms with Gasteiger partial charge < -0.3 is 9.47 Å². The minimum Gasteiger partial charge on any atom is -0.320 e. The summed E-state index contributed by atoms with van der Waals surface area (Å²) in [4.78, 5) is 18.9. The van der Waals surface area contributed by atoms with Crippen LogP contribution < -0.4 is 0 Å². The summed E-state index contributed by atoms with van der Waals surface area (Å²) >= 11 is 2.06. The van der Waals surface area contributed by atoms with E-state index >= 15 is 0 Å². The first-order chi connectivity index (χ1) is 9.94. The zero-order chi connectivity index (χ0) is 17.3. The summed E-state index contributed by atoms with van der Waals surface area (Å²) in [7, 11) is 1.90. The molecule has 0 spiro atoms. The third-order valence-electron chi connectivity index (χ3n) is 3.59. The lowest BCUT2D eigenvalue weighted by Crippen LogP contribution is -2.49. The number of rotatable bonds is 7. The SMILES string of the molecule is CCS(=O)(=O)C(C(=O)c1ncc(I)n1C)C(C)(C)CN(C)C. The minimum absolute atomic E-state index is 0.0677. The van der Waals surface area contributed by atoms with Crippen molar-refractivity contribution in [3.05, 3.63) is 15.7 Å². The van der Waals surface area contributed by atoms with E-state index in [9.17, 15) is 13.2 Å². The van der Waals surface area contributed by atoms with E-state index < -0.39 is 26.3 Å². The average Bonchev–Trinajstić information content (AvgIpc) is 2.67. The Morgan fingerprint density at radius 2 is 2.00 bits per heavy atom. The summed E-state index contributed by atoms with van der Waals surface area (Å²) < 4.78 is 27.6. The van der Waals surface area contributed by atoms with E-state index in [1.807, 2.05) is 32.8 Å². The number of ketones is 1. The maximum absolute atomic E-state index is 12.9. The highest BCUT2D eigenvalue weighted by atomic mass is 127. The third-order valence-corrected chi connectivity index (χ3v) is 6.96. The fourth-order valence-corrected chi connectivity index (χ4v) is 4.98. The number of aromatic nitrogens is 2. The molecule has 6 nitrogen and oxygen atoms in total. The van der Waals surface area contributed by atoms with Crippen molar-refractivity contribution in [1.82, 2.24) is 14.5 Å². The van der Waals surface area contributed by atoms with Gasteiger partial charge in [0.1, 0.15) is 5.25 Å². The first-order valence-corrected chi connectivity index (χ1v) is 9.81. The van der Waals surface area contributed by atoms with Crippen molar-refractivity contribution in [2.24, 2.45) is 12.5 Å². The summed E-state index contributed by atoms with van der Waals surface area (Å²) in [6, 6.07) is 0. The molecule has 0 aromatic carbocycles. The Morgan fingerprint density at radius 3 is 2.36 bits per heavy atom. The molecule has 0 aliphatic carbocycles. The molecule has 0 aliphatic heterocycles. The van der Waals surface area contributed by atoms with Gasteiger partial charge in [0.15, 0.2) is 15.7 Å². The van der Waals surface area contributed by atoms with E-state index in [1.54, 1.807) is 24.7 Å². The van der Waals surface area contributed by atoms with Gasteiger partial charge in [-0.25, -0.2) is 13.4 Å². The van der Waals surface area contributed by atoms with Gasteiger partial charge in [0.25, 0.3) is 0 Å². The highest BCUT2D eigenvalue weighted by Crippen LogP contribution is 2.30. The second-order valence-electron chi connectivity index (χ2n) is 6.39. The predicted molar refractivity (Wildman–Crippen MR) is 95.8 cm³/mol. The molecule has 0 saturated heterocycles. The second-order valence-corrected chi connectivity index (χ2v) is 9.87. The van der Waals surface area contributed by atoms with Crippen LogP contribution in [0.25, 0.3) is 0 Å². The molecule has 1 heterocycles. The maximum Gasteiger partial charge on any atom is 0.216 e. The van der Waals surface area contributed by atoms with Crippen LogP contribution in [0.2, 0.25) is 0 Å². The number of hydrogen-bond acceptors (Lipinski definition) is 5. The Bertz CT molecular complexity index is 650. The largest absolute Gasteiger partial charge is 0.320 e. The maximum atomic E-state index is 12.9. The number of hydrogen-bond donors (Lipinski definition) is 0. The number of carbonyl (C=O) groups is 1. The Balaban J connectivity index is 3.40. The van der Waals surface area contributed by atoms with Crippen molar-refractivity contribution in [1.29, 1.82) is 0 Å². The fraction of sp³-hybridized carbons (Fsp3) is 0.714. The summed E-state index contributed by atoms with van der Waals surface area (Å²) in [6.07, 6.45) is 1.57.